The number of nitrogens with zero attached hydrogens (tertiary/aromatic N) is 1. The molecule has 114 valence electrons. The zero-order valence-corrected chi connectivity index (χ0v) is 14.0. The number of nitrogens with one attached hydrogen (secondary N) is 1. The molecule has 1 heterocycles. The van der Waals surface area contributed by atoms with Crippen LogP contribution in [0.25, 0.3) is 0 Å². The van der Waals surface area contributed by atoms with Crippen molar-refractivity contribution < 1.29 is 4.74 Å². The van der Waals surface area contributed by atoms with Crippen LogP contribution in [0.3, 0.4) is 0 Å². The third-order valence-corrected chi connectivity index (χ3v) is 4.00. The first-order valence-electron chi connectivity index (χ1n) is 7.12. The molecule has 20 heavy (non-hydrogen) atoms. The van der Waals surface area contributed by atoms with Crippen molar-refractivity contribution in [2.75, 3.05) is 20.2 Å². The Morgan fingerprint density at radius 2 is 1.85 bits per heavy atom. The molecular formula is C16H27ClN2O. The van der Waals surface area contributed by atoms with Gasteiger partial charge in [-0.3, -0.25) is 4.90 Å². The summed E-state index contributed by atoms with van der Waals surface area (Å²) in [5.41, 5.74) is 3.85. The third-order valence-electron chi connectivity index (χ3n) is 4.00. The van der Waals surface area contributed by atoms with E-state index in [4.69, 9.17) is 4.74 Å². The highest BCUT2D eigenvalue weighted by Crippen LogP contribution is 2.25. The highest BCUT2D eigenvalue weighted by Gasteiger charge is 2.22. The van der Waals surface area contributed by atoms with E-state index in [-0.39, 0.29) is 12.4 Å². The number of methoxy groups -OCH3 is 1. The monoisotopic (exact) mass is 298 g/mol. The van der Waals surface area contributed by atoms with E-state index >= 15 is 0 Å². The molecule has 0 saturated carbocycles. The summed E-state index contributed by atoms with van der Waals surface area (Å²) in [6, 6.07) is 5.69. The Hall–Kier alpha value is -0.770. The van der Waals surface area contributed by atoms with E-state index in [2.05, 4.69) is 50.0 Å². The molecule has 1 aliphatic rings. The average Bonchev–Trinajstić information content (AvgIpc) is 2.33. The Morgan fingerprint density at radius 1 is 1.25 bits per heavy atom. The summed E-state index contributed by atoms with van der Waals surface area (Å²) < 4.78 is 5.44. The maximum Gasteiger partial charge on any atom is 0.124 e. The molecule has 4 heteroatoms. The number of rotatable bonds is 3. The Kier molecular flexibility index (Phi) is 6.31. The normalized spacial score (nSPS) is 23.2. The number of ether oxygens (including phenoxy) is 1. The van der Waals surface area contributed by atoms with Crippen LogP contribution in [0.15, 0.2) is 12.1 Å². The van der Waals surface area contributed by atoms with Gasteiger partial charge in [0.25, 0.3) is 0 Å². The largest absolute Gasteiger partial charge is 0.496 e. The summed E-state index contributed by atoms with van der Waals surface area (Å²) >= 11 is 0. The fourth-order valence-electron chi connectivity index (χ4n) is 3.01. The van der Waals surface area contributed by atoms with Crippen molar-refractivity contribution in [1.82, 2.24) is 10.2 Å². The first-order valence-corrected chi connectivity index (χ1v) is 7.12. The molecule has 0 aromatic heterocycles. The van der Waals surface area contributed by atoms with Crippen LogP contribution in [-0.4, -0.2) is 37.2 Å². The second-order valence-corrected chi connectivity index (χ2v) is 5.85. The summed E-state index contributed by atoms with van der Waals surface area (Å²) in [5, 5.41) is 3.53. The molecule has 1 aliphatic heterocycles. The molecule has 0 aliphatic carbocycles. The van der Waals surface area contributed by atoms with Crippen LogP contribution in [0, 0.1) is 13.8 Å². The molecule has 2 unspecified atom stereocenters. The lowest BCUT2D eigenvalue weighted by atomic mass is 10.0. The Morgan fingerprint density at radius 3 is 2.40 bits per heavy atom. The highest BCUT2D eigenvalue weighted by molar-refractivity contribution is 5.85. The van der Waals surface area contributed by atoms with Crippen molar-refractivity contribution >= 4 is 12.4 Å². The van der Waals surface area contributed by atoms with Gasteiger partial charge in [0, 0.05) is 31.7 Å². The molecule has 0 amide bonds. The van der Waals surface area contributed by atoms with Gasteiger partial charge in [-0.05, 0) is 44.4 Å². The molecule has 0 radical (unpaired) electrons. The van der Waals surface area contributed by atoms with Crippen molar-refractivity contribution in [2.45, 2.75) is 46.3 Å². The third kappa shape index (κ3) is 3.87. The second kappa shape index (κ2) is 7.30. The topological polar surface area (TPSA) is 24.5 Å². The van der Waals surface area contributed by atoms with E-state index in [0.29, 0.717) is 12.1 Å². The lowest BCUT2D eigenvalue weighted by molar-refractivity contribution is 0.139. The molecule has 2 atom stereocenters. The zero-order valence-electron chi connectivity index (χ0n) is 13.2. The Bertz CT molecular complexity index is 427. The first kappa shape index (κ1) is 17.3. The average molecular weight is 299 g/mol. The van der Waals surface area contributed by atoms with Crippen LogP contribution >= 0.6 is 12.4 Å². The molecule has 1 N–H and O–H groups in total. The van der Waals surface area contributed by atoms with Crippen LogP contribution in [-0.2, 0) is 6.54 Å². The van der Waals surface area contributed by atoms with Gasteiger partial charge in [0.05, 0.1) is 7.11 Å². The minimum atomic E-state index is 0. The van der Waals surface area contributed by atoms with Crippen molar-refractivity contribution in [2.24, 2.45) is 0 Å². The van der Waals surface area contributed by atoms with Crippen LogP contribution in [0.5, 0.6) is 5.75 Å². The minimum absolute atomic E-state index is 0. The van der Waals surface area contributed by atoms with Gasteiger partial charge in [0.2, 0.25) is 0 Å². The van der Waals surface area contributed by atoms with Gasteiger partial charge in [-0.2, -0.15) is 0 Å². The molecule has 1 aromatic rings. The summed E-state index contributed by atoms with van der Waals surface area (Å²) in [6.07, 6.45) is 0. The second-order valence-electron chi connectivity index (χ2n) is 5.85. The number of hydrogen-bond donors (Lipinski definition) is 1. The van der Waals surface area contributed by atoms with E-state index in [1.165, 1.54) is 16.7 Å². The molecule has 0 spiro atoms. The number of aryl methyl sites for hydroxylation is 2. The lowest BCUT2D eigenvalue weighted by Crippen LogP contribution is -2.53. The number of benzene rings is 1. The smallest absolute Gasteiger partial charge is 0.124 e. The van der Waals surface area contributed by atoms with Gasteiger partial charge >= 0.3 is 0 Å². The fourth-order valence-corrected chi connectivity index (χ4v) is 3.01. The SMILES string of the molecule is COc1c(C)cc(CN2CC(C)NCC2C)cc1C.Cl. The standard InChI is InChI=1S/C16H26N2O.ClH/c1-11-6-15(7-12(2)16(11)19-5)10-18-9-13(3)17-8-14(18)4;/h6-7,13-14,17H,8-10H2,1-5H3;1H. The maximum absolute atomic E-state index is 5.44. The first-order chi connectivity index (χ1) is 9.01. The van der Waals surface area contributed by atoms with Crippen LogP contribution < -0.4 is 10.1 Å². The number of halogens is 1. The molecule has 0 bridgehead atoms. The van der Waals surface area contributed by atoms with E-state index in [9.17, 15) is 0 Å². The summed E-state index contributed by atoms with van der Waals surface area (Å²) in [5.74, 6) is 1.02. The summed E-state index contributed by atoms with van der Waals surface area (Å²) in [7, 11) is 1.75. The van der Waals surface area contributed by atoms with Gasteiger partial charge < -0.3 is 10.1 Å². The minimum Gasteiger partial charge on any atom is -0.496 e. The van der Waals surface area contributed by atoms with Crippen molar-refractivity contribution in [1.29, 1.82) is 0 Å². The maximum atomic E-state index is 5.44. The van der Waals surface area contributed by atoms with Crippen LogP contribution in [0.2, 0.25) is 0 Å². The molecular weight excluding hydrogens is 272 g/mol. The summed E-state index contributed by atoms with van der Waals surface area (Å²) in [4.78, 5) is 2.56. The lowest BCUT2D eigenvalue weighted by Gasteiger charge is -2.37. The quantitative estimate of drug-likeness (QED) is 0.928. The van der Waals surface area contributed by atoms with Crippen LogP contribution in [0.1, 0.15) is 30.5 Å². The number of piperazine rings is 1. The van der Waals surface area contributed by atoms with Crippen molar-refractivity contribution in [3.05, 3.63) is 28.8 Å². The Labute approximate surface area is 129 Å². The Balaban J connectivity index is 0.00000200. The van der Waals surface area contributed by atoms with Gasteiger partial charge in [-0.1, -0.05) is 12.1 Å². The van der Waals surface area contributed by atoms with Crippen LogP contribution in [0.4, 0.5) is 0 Å². The van der Waals surface area contributed by atoms with E-state index < -0.39 is 0 Å². The van der Waals surface area contributed by atoms with E-state index in [1.807, 2.05) is 0 Å². The van der Waals surface area contributed by atoms with Crippen molar-refractivity contribution in [3.63, 3.8) is 0 Å². The van der Waals surface area contributed by atoms with Gasteiger partial charge in [0.15, 0.2) is 0 Å². The van der Waals surface area contributed by atoms with Gasteiger partial charge in [-0.15, -0.1) is 12.4 Å². The molecule has 1 fully saturated rings. The summed E-state index contributed by atoms with van der Waals surface area (Å²) in [6.45, 7) is 12.0. The molecule has 1 aromatic carbocycles. The number of hydrogen-bond acceptors (Lipinski definition) is 3. The van der Waals surface area contributed by atoms with E-state index in [1.54, 1.807) is 7.11 Å². The van der Waals surface area contributed by atoms with E-state index in [0.717, 1.165) is 25.4 Å². The zero-order chi connectivity index (χ0) is 14.0. The predicted molar refractivity (Wildman–Crippen MR) is 87.1 cm³/mol. The molecule has 1 saturated heterocycles. The highest BCUT2D eigenvalue weighted by atomic mass is 35.5. The molecule has 2 rings (SSSR count). The van der Waals surface area contributed by atoms with Gasteiger partial charge in [-0.25, -0.2) is 0 Å². The van der Waals surface area contributed by atoms with Crippen molar-refractivity contribution in [3.8, 4) is 5.75 Å². The predicted octanol–water partition coefficient (Wildman–Crippen LogP) is 2.92. The fraction of sp³-hybridized carbons (Fsp3) is 0.625. The molecule has 3 nitrogen and oxygen atoms in total. The van der Waals surface area contributed by atoms with Gasteiger partial charge in [0.1, 0.15) is 5.75 Å².